The first-order valence-corrected chi connectivity index (χ1v) is 8.19. The van der Waals surface area contributed by atoms with Crippen molar-refractivity contribution in [2.45, 2.75) is 76.3 Å². The molecule has 0 aliphatic heterocycles. The normalized spacial score (nSPS) is 23.4. The van der Waals surface area contributed by atoms with Crippen molar-refractivity contribution in [2.75, 3.05) is 13.2 Å². The van der Waals surface area contributed by atoms with Gasteiger partial charge in [-0.05, 0) is 51.4 Å². The maximum atomic E-state index is 11.4. The number of nitrogens with one attached hydrogen (secondary N) is 1. The van der Waals surface area contributed by atoms with E-state index in [-0.39, 0.29) is 0 Å². The maximum Gasteiger partial charge on any atom is 0.323 e. The highest BCUT2D eigenvalue weighted by Gasteiger charge is 2.37. The number of rotatable bonds is 9. The molecule has 0 aromatic heterocycles. The van der Waals surface area contributed by atoms with Gasteiger partial charge in [-0.2, -0.15) is 0 Å². The van der Waals surface area contributed by atoms with Crippen molar-refractivity contribution in [2.24, 2.45) is 5.92 Å². The zero-order valence-electron chi connectivity index (χ0n) is 12.7. The Bertz CT molecular complexity index is 311. The molecule has 0 heterocycles. The summed E-state index contributed by atoms with van der Waals surface area (Å²) in [6, 6.07) is 0.416. The van der Waals surface area contributed by atoms with E-state index >= 15 is 0 Å². The summed E-state index contributed by atoms with van der Waals surface area (Å²) in [5.41, 5.74) is -0.782. The number of hydrogen-bond acceptors (Lipinski definition) is 3. The summed E-state index contributed by atoms with van der Waals surface area (Å²) in [7, 11) is 0. The summed E-state index contributed by atoms with van der Waals surface area (Å²) in [5.74, 6) is -0.00382. The van der Waals surface area contributed by atoms with Gasteiger partial charge < -0.3 is 9.84 Å². The first-order valence-electron chi connectivity index (χ1n) is 8.19. The number of aliphatic carboxylic acids is 1. The lowest BCUT2D eigenvalue weighted by Crippen LogP contribution is -2.50. The standard InChI is InChI=1S/C16H29NO3/c1-16(15(18)19,17-14-8-9-14)10-5-11-20-12-13-6-3-2-4-7-13/h13-14,17H,2-12H2,1H3,(H,18,19). The summed E-state index contributed by atoms with van der Waals surface area (Å²) in [6.07, 6.45) is 10.3. The Balaban J connectivity index is 1.59. The fourth-order valence-electron chi connectivity index (χ4n) is 3.05. The maximum absolute atomic E-state index is 11.4. The molecule has 0 spiro atoms. The third-order valence-corrected chi connectivity index (χ3v) is 4.62. The van der Waals surface area contributed by atoms with Crippen molar-refractivity contribution in [1.82, 2.24) is 5.32 Å². The number of carbonyl (C=O) groups is 1. The Kier molecular flexibility index (Phi) is 5.85. The SMILES string of the molecule is CC(CCCOCC1CCCCC1)(NC1CC1)C(=O)O. The van der Waals surface area contributed by atoms with Crippen LogP contribution in [0.15, 0.2) is 0 Å². The van der Waals surface area contributed by atoms with Gasteiger partial charge in [0.25, 0.3) is 0 Å². The molecule has 116 valence electrons. The van der Waals surface area contributed by atoms with E-state index in [4.69, 9.17) is 4.74 Å². The molecule has 2 rings (SSSR count). The predicted octanol–water partition coefficient (Wildman–Crippen LogP) is 2.96. The fourth-order valence-corrected chi connectivity index (χ4v) is 3.05. The van der Waals surface area contributed by atoms with Gasteiger partial charge in [-0.15, -0.1) is 0 Å². The van der Waals surface area contributed by atoms with Gasteiger partial charge >= 0.3 is 5.97 Å². The van der Waals surface area contributed by atoms with Gasteiger partial charge in [0.15, 0.2) is 0 Å². The molecule has 2 fully saturated rings. The minimum Gasteiger partial charge on any atom is -0.480 e. The van der Waals surface area contributed by atoms with Gasteiger partial charge in [-0.25, -0.2) is 0 Å². The molecule has 0 radical (unpaired) electrons. The van der Waals surface area contributed by atoms with Gasteiger partial charge in [0.1, 0.15) is 5.54 Å². The fraction of sp³-hybridized carbons (Fsp3) is 0.938. The Hall–Kier alpha value is -0.610. The number of ether oxygens (including phenoxy) is 1. The highest BCUT2D eigenvalue weighted by Crippen LogP contribution is 2.26. The Morgan fingerprint density at radius 1 is 1.25 bits per heavy atom. The molecule has 2 saturated carbocycles. The van der Waals surface area contributed by atoms with E-state index in [2.05, 4.69) is 5.32 Å². The number of carboxylic acid groups (broad SMARTS) is 1. The van der Waals surface area contributed by atoms with E-state index in [0.717, 1.165) is 31.8 Å². The van der Waals surface area contributed by atoms with Crippen molar-refractivity contribution in [3.63, 3.8) is 0 Å². The molecular formula is C16H29NO3. The van der Waals surface area contributed by atoms with Crippen molar-refractivity contribution in [1.29, 1.82) is 0 Å². The van der Waals surface area contributed by atoms with Crippen LogP contribution in [0, 0.1) is 5.92 Å². The van der Waals surface area contributed by atoms with Crippen molar-refractivity contribution < 1.29 is 14.6 Å². The molecule has 0 aromatic carbocycles. The van der Waals surface area contributed by atoms with E-state index in [1.54, 1.807) is 6.92 Å². The molecular weight excluding hydrogens is 254 g/mol. The lowest BCUT2D eigenvalue weighted by molar-refractivity contribution is -0.144. The lowest BCUT2D eigenvalue weighted by atomic mass is 9.90. The molecule has 2 aliphatic carbocycles. The van der Waals surface area contributed by atoms with Crippen LogP contribution in [0.3, 0.4) is 0 Å². The van der Waals surface area contributed by atoms with Gasteiger partial charge in [0.2, 0.25) is 0 Å². The molecule has 0 bridgehead atoms. The lowest BCUT2D eigenvalue weighted by Gasteiger charge is -2.26. The van der Waals surface area contributed by atoms with Crippen LogP contribution in [-0.2, 0) is 9.53 Å². The van der Waals surface area contributed by atoms with E-state index < -0.39 is 11.5 Å². The number of hydrogen-bond donors (Lipinski definition) is 2. The van der Waals surface area contributed by atoms with E-state index in [1.807, 2.05) is 0 Å². The largest absolute Gasteiger partial charge is 0.480 e. The molecule has 20 heavy (non-hydrogen) atoms. The zero-order chi connectivity index (χ0) is 14.4. The smallest absolute Gasteiger partial charge is 0.323 e. The molecule has 2 aliphatic rings. The van der Waals surface area contributed by atoms with Crippen LogP contribution in [0.4, 0.5) is 0 Å². The van der Waals surface area contributed by atoms with E-state index in [9.17, 15) is 9.90 Å². The third kappa shape index (κ3) is 5.06. The first-order chi connectivity index (χ1) is 9.60. The van der Waals surface area contributed by atoms with Crippen LogP contribution < -0.4 is 5.32 Å². The third-order valence-electron chi connectivity index (χ3n) is 4.62. The average molecular weight is 283 g/mol. The molecule has 0 saturated heterocycles. The second-order valence-corrected chi connectivity index (χ2v) is 6.74. The average Bonchev–Trinajstić information content (AvgIpc) is 3.23. The molecule has 0 amide bonds. The quantitative estimate of drug-likeness (QED) is 0.639. The van der Waals surface area contributed by atoms with Crippen LogP contribution >= 0.6 is 0 Å². The molecule has 1 atom stereocenters. The topological polar surface area (TPSA) is 58.6 Å². The minimum absolute atomic E-state index is 0.416. The van der Waals surface area contributed by atoms with Crippen molar-refractivity contribution >= 4 is 5.97 Å². The highest BCUT2D eigenvalue weighted by atomic mass is 16.5. The first kappa shape index (κ1) is 15.8. The van der Waals surface area contributed by atoms with Gasteiger partial charge in [0.05, 0.1) is 0 Å². The minimum atomic E-state index is -0.782. The van der Waals surface area contributed by atoms with Crippen molar-refractivity contribution in [3.8, 4) is 0 Å². The second-order valence-electron chi connectivity index (χ2n) is 6.74. The zero-order valence-corrected chi connectivity index (χ0v) is 12.7. The molecule has 2 N–H and O–H groups in total. The monoisotopic (exact) mass is 283 g/mol. The summed E-state index contributed by atoms with van der Waals surface area (Å²) in [6.45, 7) is 3.35. The highest BCUT2D eigenvalue weighted by molar-refractivity contribution is 5.78. The van der Waals surface area contributed by atoms with Crippen LogP contribution in [-0.4, -0.2) is 35.9 Å². The Labute approximate surface area is 122 Å². The molecule has 4 heteroatoms. The van der Waals surface area contributed by atoms with Crippen LogP contribution in [0.2, 0.25) is 0 Å². The van der Waals surface area contributed by atoms with Gasteiger partial charge in [0, 0.05) is 19.3 Å². The van der Waals surface area contributed by atoms with Crippen molar-refractivity contribution in [3.05, 3.63) is 0 Å². The van der Waals surface area contributed by atoms with Crippen LogP contribution in [0.25, 0.3) is 0 Å². The summed E-state index contributed by atoms with van der Waals surface area (Å²) in [5, 5.41) is 12.6. The molecule has 0 aromatic rings. The van der Waals surface area contributed by atoms with Crippen LogP contribution in [0.5, 0.6) is 0 Å². The summed E-state index contributed by atoms with van der Waals surface area (Å²) < 4.78 is 5.75. The molecule has 1 unspecified atom stereocenters. The number of carboxylic acids is 1. The van der Waals surface area contributed by atoms with Gasteiger partial charge in [-0.1, -0.05) is 19.3 Å². The van der Waals surface area contributed by atoms with E-state index in [1.165, 1.54) is 32.1 Å². The predicted molar refractivity (Wildman–Crippen MR) is 78.8 cm³/mol. The molecule has 4 nitrogen and oxygen atoms in total. The van der Waals surface area contributed by atoms with Crippen LogP contribution in [0.1, 0.15) is 64.7 Å². The summed E-state index contributed by atoms with van der Waals surface area (Å²) >= 11 is 0. The Morgan fingerprint density at radius 2 is 1.95 bits per heavy atom. The Morgan fingerprint density at radius 3 is 2.55 bits per heavy atom. The second kappa shape index (κ2) is 7.41. The van der Waals surface area contributed by atoms with Gasteiger partial charge in [-0.3, -0.25) is 10.1 Å². The van der Waals surface area contributed by atoms with E-state index in [0.29, 0.717) is 19.1 Å². The summed E-state index contributed by atoms with van der Waals surface area (Å²) in [4.78, 5) is 11.4.